The Morgan fingerprint density at radius 2 is 1.28 bits per heavy atom. The van der Waals surface area contributed by atoms with Gasteiger partial charge in [-0.05, 0) is 19.6 Å². The van der Waals surface area contributed by atoms with Crippen molar-refractivity contribution in [2.45, 2.75) is 27.7 Å². The molecule has 0 heterocycles. The van der Waals surface area contributed by atoms with E-state index in [0.717, 1.165) is 7.11 Å². The molecule has 0 aromatic heterocycles. The normalized spacial score (nSPS) is 8.06. The maximum atomic E-state index is 8.77. The topological polar surface area (TPSA) is 128 Å². The van der Waals surface area contributed by atoms with E-state index >= 15 is 0 Å². The second-order valence-corrected chi connectivity index (χ2v) is 3.31. The Hall–Kier alpha value is 1.16. The van der Waals surface area contributed by atoms with Crippen molar-refractivity contribution in [1.82, 2.24) is 4.90 Å². The monoisotopic (exact) mass is 310 g/mol. The third-order valence-corrected chi connectivity index (χ3v) is 1.34. The summed E-state index contributed by atoms with van der Waals surface area (Å²) in [6.45, 7) is 11.6. The Kier molecular flexibility index (Phi) is 46.7. The first-order valence-corrected chi connectivity index (χ1v) is 6.54. The van der Waals surface area contributed by atoms with Gasteiger partial charge in [-0.2, -0.15) is 5.26 Å². The van der Waals surface area contributed by atoms with Crippen LogP contribution in [-0.2, 0) is 4.57 Å². The first kappa shape index (κ1) is 31.5. The molecule has 0 aliphatic carbocycles. The first-order chi connectivity index (χ1) is 7.76. The molecule has 0 atom stereocenters. The van der Waals surface area contributed by atoms with Gasteiger partial charge in [-0.3, -0.25) is 4.57 Å². The number of hydrogen-bond acceptors (Lipinski definition) is 5. The fourth-order valence-corrected chi connectivity index (χ4v) is 0.671. The minimum atomic E-state index is -4.89. The summed E-state index contributed by atoms with van der Waals surface area (Å²) in [6.07, 6.45) is 0. The molecule has 0 rings (SSSR count). The third kappa shape index (κ3) is 87.4. The Balaban J connectivity index is -0.0000000455. The average Bonchev–Trinajstić information content (AvgIpc) is 2.22. The van der Waals surface area contributed by atoms with Crippen LogP contribution in [0, 0.1) is 11.3 Å². The summed E-state index contributed by atoms with van der Waals surface area (Å²) in [5, 5.41) is 14.3. The molecule has 0 aliphatic rings. The quantitative estimate of drug-likeness (QED) is 0.373. The van der Waals surface area contributed by atoms with Crippen LogP contribution in [0.15, 0.2) is 0 Å². The van der Waals surface area contributed by atoms with Crippen molar-refractivity contribution in [3.05, 3.63) is 0 Å². The molecular formula is C9H24KN2O5P. The summed E-state index contributed by atoms with van der Waals surface area (Å²) in [7, 11) is -3.89. The number of nitrogens with zero attached hydrogens (tertiary/aromatic N) is 2. The molecule has 0 aliphatic heterocycles. The third-order valence-electron chi connectivity index (χ3n) is 1.34. The molecule has 3 N–H and O–H groups in total. The van der Waals surface area contributed by atoms with Crippen LogP contribution in [0.4, 0.5) is 0 Å². The van der Waals surface area contributed by atoms with Crippen molar-refractivity contribution in [3.8, 4) is 6.07 Å². The van der Waals surface area contributed by atoms with E-state index in [2.05, 4.69) is 25.7 Å². The maximum Gasteiger partial charge on any atom is 1.00 e. The van der Waals surface area contributed by atoms with E-state index in [-0.39, 0.29) is 51.4 Å². The summed E-state index contributed by atoms with van der Waals surface area (Å²) in [5.41, 5.74) is 0. The molecule has 0 aromatic carbocycles. The van der Waals surface area contributed by atoms with Gasteiger partial charge in [0, 0.05) is 14.0 Å². The van der Waals surface area contributed by atoms with E-state index in [4.69, 9.17) is 29.6 Å². The molecule has 0 amide bonds. The zero-order valence-electron chi connectivity index (χ0n) is 12.1. The Bertz CT molecular complexity index is 190. The van der Waals surface area contributed by atoms with E-state index in [9.17, 15) is 0 Å². The summed E-state index contributed by atoms with van der Waals surface area (Å²) < 4.78 is 8.77. The maximum absolute atomic E-state index is 8.77. The predicted molar refractivity (Wildman–Crippen MR) is 64.9 cm³/mol. The molecule has 18 heavy (non-hydrogen) atoms. The SMILES string of the molecule is CC#N.CCN(CC)CC.CO.O=P([O-])(O)O.[K+]. The van der Waals surface area contributed by atoms with Crippen LogP contribution < -0.4 is 56.3 Å². The van der Waals surface area contributed by atoms with Crippen molar-refractivity contribution in [3.63, 3.8) is 0 Å². The van der Waals surface area contributed by atoms with E-state index in [0.29, 0.717) is 0 Å². The van der Waals surface area contributed by atoms with Crippen LogP contribution in [0.2, 0.25) is 0 Å². The zero-order valence-corrected chi connectivity index (χ0v) is 16.1. The molecule has 0 unspecified atom stereocenters. The summed E-state index contributed by atoms with van der Waals surface area (Å²) in [6, 6.07) is 1.75. The second-order valence-electron chi connectivity index (χ2n) is 2.33. The van der Waals surface area contributed by atoms with Gasteiger partial charge in [-0.15, -0.1) is 0 Å². The molecule has 0 saturated heterocycles. The van der Waals surface area contributed by atoms with E-state index in [1.807, 2.05) is 0 Å². The van der Waals surface area contributed by atoms with Crippen molar-refractivity contribution in [2.24, 2.45) is 0 Å². The van der Waals surface area contributed by atoms with Gasteiger partial charge < -0.3 is 24.7 Å². The standard InChI is InChI=1S/C6H15N.C2H3N.CH4O.K.H3O4P/c1-4-7(5-2)6-3;1-2-3;1-2;;1-5(2,3)4/h4-6H2,1-3H3;1H3;2H,1H3;;(H3,1,2,3,4)/q;;;+1;/p-1. The Morgan fingerprint density at radius 3 is 1.28 bits per heavy atom. The molecule has 7 nitrogen and oxygen atoms in total. The fourth-order valence-electron chi connectivity index (χ4n) is 0.671. The predicted octanol–water partition coefficient (Wildman–Crippen LogP) is -3.07. The van der Waals surface area contributed by atoms with Crippen LogP contribution in [0.3, 0.4) is 0 Å². The van der Waals surface area contributed by atoms with Crippen molar-refractivity contribution < 1.29 is 75.7 Å². The average molecular weight is 310 g/mol. The molecule has 0 spiro atoms. The van der Waals surface area contributed by atoms with Crippen molar-refractivity contribution in [2.75, 3.05) is 26.7 Å². The van der Waals surface area contributed by atoms with Gasteiger partial charge >= 0.3 is 51.4 Å². The van der Waals surface area contributed by atoms with Gasteiger partial charge in [0.1, 0.15) is 0 Å². The van der Waals surface area contributed by atoms with Crippen LogP contribution in [0.1, 0.15) is 27.7 Å². The minimum Gasteiger partial charge on any atom is -0.756 e. The Morgan fingerprint density at radius 1 is 1.17 bits per heavy atom. The van der Waals surface area contributed by atoms with Crippen LogP contribution >= 0.6 is 7.82 Å². The zero-order chi connectivity index (χ0) is 14.9. The van der Waals surface area contributed by atoms with Gasteiger partial charge in [0.05, 0.1) is 6.07 Å². The molecule has 0 aromatic rings. The number of nitriles is 1. The van der Waals surface area contributed by atoms with Crippen LogP contribution in [-0.4, -0.2) is 46.5 Å². The molecule has 0 bridgehead atoms. The van der Waals surface area contributed by atoms with Gasteiger partial charge in [-0.1, -0.05) is 20.8 Å². The first-order valence-electron chi connectivity index (χ1n) is 5.01. The van der Waals surface area contributed by atoms with Crippen molar-refractivity contribution >= 4 is 7.82 Å². The minimum absolute atomic E-state index is 0. The van der Waals surface area contributed by atoms with Gasteiger partial charge in [0.15, 0.2) is 0 Å². The number of aliphatic hydroxyl groups is 1. The number of rotatable bonds is 3. The summed E-state index contributed by atoms with van der Waals surface area (Å²) in [5.74, 6) is 0. The molecular weight excluding hydrogens is 286 g/mol. The van der Waals surface area contributed by atoms with Gasteiger partial charge in [0.25, 0.3) is 7.82 Å². The Labute approximate surface area is 152 Å². The van der Waals surface area contributed by atoms with Crippen LogP contribution in [0.25, 0.3) is 0 Å². The molecule has 0 saturated carbocycles. The number of phosphoric acid groups is 1. The van der Waals surface area contributed by atoms with Crippen molar-refractivity contribution in [1.29, 1.82) is 5.26 Å². The molecule has 0 fully saturated rings. The second kappa shape index (κ2) is 26.7. The largest absolute Gasteiger partial charge is 1.00 e. The summed E-state index contributed by atoms with van der Waals surface area (Å²) in [4.78, 5) is 25.3. The number of aliphatic hydroxyl groups excluding tert-OH is 1. The molecule has 106 valence electrons. The summed E-state index contributed by atoms with van der Waals surface area (Å²) >= 11 is 0. The molecule has 0 radical (unpaired) electrons. The number of hydrogen-bond donors (Lipinski definition) is 3. The van der Waals surface area contributed by atoms with Crippen LogP contribution in [0.5, 0.6) is 0 Å². The van der Waals surface area contributed by atoms with E-state index in [1.165, 1.54) is 26.6 Å². The van der Waals surface area contributed by atoms with E-state index < -0.39 is 7.82 Å². The molecule has 9 heteroatoms. The van der Waals surface area contributed by atoms with Gasteiger partial charge in [-0.25, -0.2) is 0 Å². The smallest absolute Gasteiger partial charge is 0.756 e. The fraction of sp³-hybridized carbons (Fsp3) is 0.889. The van der Waals surface area contributed by atoms with E-state index in [1.54, 1.807) is 6.07 Å². The van der Waals surface area contributed by atoms with Gasteiger partial charge in [0.2, 0.25) is 0 Å².